The summed E-state index contributed by atoms with van der Waals surface area (Å²) in [5, 5.41) is 16.4. The Kier molecular flexibility index (Phi) is 11.7. The highest BCUT2D eigenvalue weighted by Crippen LogP contribution is 2.25. The first kappa shape index (κ1) is 29.3. The molecule has 1 aliphatic heterocycles. The zero-order valence-corrected chi connectivity index (χ0v) is 22.2. The fraction of sp³-hybridized carbons (Fsp3) is 0.300. The Morgan fingerprint density at radius 1 is 1.08 bits per heavy atom. The topological polar surface area (TPSA) is 70.6 Å². The van der Waals surface area contributed by atoms with Gasteiger partial charge in [-0.3, -0.25) is 0 Å². The fourth-order valence-electron chi connectivity index (χ4n) is 4.09. The molecule has 8 heteroatoms. The van der Waals surface area contributed by atoms with Gasteiger partial charge in [0, 0.05) is 17.6 Å². The minimum atomic E-state index is -0.886. The highest BCUT2D eigenvalue weighted by molar-refractivity contribution is 6.31. The summed E-state index contributed by atoms with van der Waals surface area (Å²) in [6.07, 6.45) is 3.07. The first-order chi connectivity index (χ1) is 18.4. The normalized spacial score (nSPS) is 13.1. The number of hydrogen-bond acceptors (Lipinski definition) is 4. The maximum absolute atomic E-state index is 13.5. The van der Waals surface area contributed by atoms with Crippen molar-refractivity contribution in [1.29, 1.82) is 0 Å². The van der Waals surface area contributed by atoms with Crippen molar-refractivity contribution in [3.8, 4) is 5.75 Å². The SMILES string of the molecule is CNCCc1ccccc1Cl.O=C(O)C1=C(c2ccc(CCCOc3cc(F)ccc3F)cc2)CCNC1. The van der Waals surface area contributed by atoms with Gasteiger partial charge in [0.1, 0.15) is 5.82 Å². The monoisotopic (exact) mass is 542 g/mol. The van der Waals surface area contributed by atoms with Gasteiger partial charge in [0.2, 0.25) is 0 Å². The van der Waals surface area contributed by atoms with Crippen molar-refractivity contribution in [2.75, 3.05) is 33.3 Å². The third kappa shape index (κ3) is 8.94. The van der Waals surface area contributed by atoms with Crippen molar-refractivity contribution in [1.82, 2.24) is 10.6 Å². The van der Waals surface area contributed by atoms with Crippen LogP contribution in [0.3, 0.4) is 0 Å². The van der Waals surface area contributed by atoms with Crippen molar-refractivity contribution < 1.29 is 23.4 Å². The molecule has 3 N–H and O–H groups in total. The number of halogens is 3. The molecule has 3 aromatic rings. The first-order valence-electron chi connectivity index (χ1n) is 12.6. The average Bonchev–Trinajstić information content (AvgIpc) is 2.93. The molecule has 0 aliphatic carbocycles. The molecule has 0 unspecified atom stereocenters. The Morgan fingerprint density at radius 3 is 2.55 bits per heavy atom. The molecule has 0 saturated heterocycles. The summed E-state index contributed by atoms with van der Waals surface area (Å²) in [6.45, 7) is 2.40. The van der Waals surface area contributed by atoms with Gasteiger partial charge in [-0.1, -0.05) is 54.1 Å². The highest BCUT2D eigenvalue weighted by Gasteiger charge is 2.19. The molecular formula is C30H33ClF2N2O3. The third-order valence-electron chi connectivity index (χ3n) is 6.14. The van der Waals surface area contributed by atoms with Crippen LogP contribution in [0.25, 0.3) is 5.57 Å². The molecule has 0 radical (unpaired) electrons. The van der Waals surface area contributed by atoms with Gasteiger partial charge < -0.3 is 20.5 Å². The van der Waals surface area contributed by atoms with Crippen LogP contribution >= 0.6 is 11.6 Å². The van der Waals surface area contributed by atoms with Crippen LogP contribution in [-0.4, -0.2) is 44.4 Å². The van der Waals surface area contributed by atoms with E-state index in [1.165, 1.54) is 5.56 Å². The molecule has 5 nitrogen and oxygen atoms in total. The van der Waals surface area contributed by atoms with Crippen molar-refractivity contribution in [2.45, 2.75) is 25.7 Å². The standard InChI is InChI=1S/C21H21F2NO3.C9H12ClN/c22-16-7-8-19(23)20(12-16)27-11-1-2-14-3-5-15(6-4-14)17-9-10-24-13-18(17)21(25)26;1-11-7-6-8-4-2-3-5-9(8)10/h3-8,12,24H,1-2,9-11,13H2,(H,25,26);2-5,11H,6-7H2,1H3. The number of rotatable bonds is 10. The molecule has 1 heterocycles. The molecular weight excluding hydrogens is 510 g/mol. The number of nitrogens with one attached hydrogen (secondary N) is 2. The number of carboxylic acid groups (broad SMARTS) is 1. The molecule has 0 amide bonds. The van der Waals surface area contributed by atoms with E-state index in [0.29, 0.717) is 25.0 Å². The second-order valence-electron chi connectivity index (χ2n) is 8.86. The Hall–Kier alpha value is -3.26. The van der Waals surface area contributed by atoms with Crippen molar-refractivity contribution >= 4 is 23.1 Å². The highest BCUT2D eigenvalue weighted by atomic mass is 35.5. The second-order valence-corrected chi connectivity index (χ2v) is 9.26. The fourth-order valence-corrected chi connectivity index (χ4v) is 4.32. The molecule has 202 valence electrons. The van der Waals surface area contributed by atoms with Crippen LogP contribution in [0.2, 0.25) is 5.02 Å². The van der Waals surface area contributed by atoms with Crippen LogP contribution in [0, 0.1) is 11.6 Å². The number of aryl methyl sites for hydroxylation is 1. The summed E-state index contributed by atoms with van der Waals surface area (Å²) in [5.74, 6) is -2.08. The molecule has 0 saturated carbocycles. The van der Waals surface area contributed by atoms with Crippen LogP contribution in [0.1, 0.15) is 29.5 Å². The number of ether oxygens (including phenoxy) is 1. The Bertz CT molecular complexity index is 1230. The van der Waals surface area contributed by atoms with Gasteiger partial charge in [0.15, 0.2) is 11.6 Å². The number of likely N-dealkylation sites (N-methyl/N-ethyl adjacent to an activating group) is 1. The van der Waals surface area contributed by atoms with Crippen LogP contribution in [0.5, 0.6) is 5.75 Å². The van der Waals surface area contributed by atoms with Gasteiger partial charge >= 0.3 is 5.97 Å². The molecule has 0 fully saturated rings. The molecule has 1 aliphatic rings. The number of carboxylic acids is 1. The summed E-state index contributed by atoms with van der Waals surface area (Å²) in [5.41, 5.74) is 4.50. The lowest BCUT2D eigenvalue weighted by atomic mass is 9.93. The Labute approximate surface area is 227 Å². The smallest absolute Gasteiger partial charge is 0.333 e. The van der Waals surface area contributed by atoms with Crippen molar-refractivity contribution in [3.05, 3.63) is 106 Å². The largest absolute Gasteiger partial charge is 0.490 e. The predicted octanol–water partition coefficient (Wildman–Crippen LogP) is 5.91. The number of hydrogen-bond donors (Lipinski definition) is 3. The first-order valence-corrected chi connectivity index (χ1v) is 13.0. The molecule has 0 atom stereocenters. The van der Waals surface area contributed by atoms with Gasteiger partial charge in [-0.15, -0.1) is 0 Å². The Morgan fingerprint density at radius 2 is 1.84 bits per heavy atom. The maximum atomic E-state index is 13.5. The van der Waals surface area contributed by atoms with E-state index >= 15 is 0 Å². The van der Waals surface area contributed by atoms with E-state index in [4.69, 9.17) is 16.3 Å². The van der Waals surface area contributed by atoms with Crippen molar-refractivity contribution in [3.63, 3.8) is 0 Å². The zero-order valence-electron chi connectivity index (χ0n) is 21.4. The van der Waals surface area contributed by atoms with E-state index in [0.717, 1.165) is 65.9 Å². The van der Waals surface area contributed by atoms with E-state index in [9.17, 15) is 18.7 Å². The summed E-state index contributed by atoms with van der Waals surface area (Å²) < 4.78 is 31.9. The quantitative estimate of drug-likeness (QED) is 0.278. The molecule has 0 bridgehead atoms. The predicted molar refractivity (Wildman–Crippen MR) is 148 cm³/mol. The average molecular weight is 543 g/mol. The Balaban J connectivity index is 0.000000304. The van der Waals surface area contributed by atoms with E-state index in [1.54, 1.807) is 0 Å². The minimum absolute atomic E-state index is 0.0793. The maximum Gasteiger partial charge on any atom is 0.333 e. The minimum Gasteiger partial charge on any atom is -0.490 e. The van der Waals surface area contributed by atoms with E-state index in [1.807, 2.05) is 49.5 Å². The van der Waals surface area contributed by atoms with Gasteiger partial charge in [0.25, 0.3) is 0 Å². The summed E-state index contributed by atoms with van der Waals surface area (Å²) in [6, 6.07) is 18.9. The molecule has 38 heavy (non-hydrogen) atoms. The lowest BCUT2D eigenvalue weighted by Gasteiger charge is -2.19. The summed E-state index contributed by atoms with van der Waals surface area (Å²) in [7, 11) is 1.94. The van der Waals surface area contributed by atoms with Gasteiger partial charge in [-0.25, -0.2) is 13.6 Å². The summed E-state index contributed by atoms with van der Waals surface area (Å²) >= 11 is 5.93. The molecule has 3 aromatic carbocycles. The van der Waals surface area contributed by atoms with E-state index < -0.39 is 17.6 Å². The molecule has 0 aromatic heterocycles. The van der Waals surface area contributed by atoms with E-state index in [2.05, 4.69) is 16.7 Å². The second kappa shape index (κ2) is 15.2. The molecule has 0 spiro atoms. The molecule has 4 rings (SSSR count). The van der Waals surface area contributed by atoms with Crippen molar-refractivity contribution in [2.24, 2.45) is 0 Å². The van der Waals surface area contributed by atoms with Gasteiger partial charge in [-0.2, -0.15) is 0 Å². The van der Waals surface area contributed by atoms with Gasteiger partial charge in [-0.05, 0) is 86.3 Å². The van der Waals surface area contributed by atoms with Crippen LogP contribution in [0.4, 0.5) is 8.78 Å². The number of aliphatic carboxylic acids is 1. The third-order valence-corrected chi connectivity index (χ3v) is 6.51. The lowest BCUT2D eigenvalue weighted by molar-refractivity contribution is -0.132. The summed E-state index contributed by atoms with van der Waals surface area (Å²) in [4.78, 5) is 11.4. The van der Waals surface area contributed by atoms with Gasteiger partial charge in [0.05, 0.1) is 12.2 Å². The zero-order chi connectivity index (χ0) is 27.3. The number of benzene rings is 3. The van der Waals surface area contributed by atoms with Crippen LogP contribution in [-0.2, 0) is 17.6 Å². The van der Waals surface area contributed by atoms with Crippen LogP contribution < -0.4 is 15.4 Å². The number of carbonyl (C=O) groups is 1. The van der Waals surface area contributed by atoms with E-state index in [-0.39, 0.29) is 12.4 Å². The lowest BCUT2D eigenvalue weighted by Crippen LogP contribution is -2.28. The van der Waals surface area contributed by atoms with Crippen LogP contribution in [0.15, 0.2) is 72.3 Å².